The molecule has 15 N–H and O–H groups in total. The van der Waals surface area contributed by atoms with E-state index < -0.39 is 197 Å². The molecule has 4 saturated carbocycles. The van der Waals surface area contributed by atoms with Crippen molar-refractivity contribution in [3.05, 3.63) is 0 Å². The summed E-state index contributed by atoms with van der Waals surface area (Å²) in [4.78, 5) is 14.8. The predicted molar refractivity (Wildman–Crippen MR) is 280 cm³/mol. The van der Waals surface area contributed by atoms with Crippen LogP contribution in [0.1, 0.15) is 92.4 Å². The maximum atomic E-state index is 14.8. The fraction of sp³-hybridized carbons (Fsp3) is 0.982. The largest absolute Gasteiger partial charge is 0.394 e. The van der Waals surface area contributed by atoms with Gasteiger partial charge >= 0.3 is 0 Å². The zero-order chi connectivity index (χ0) is 61.1. The number of aliphatic hydroxyl groups excluding tert-OH is 15. The van der Waals surface area contributed by atoms with Crippen molar-refractivity contribution in [2.24, 2.45) is 52.3 Å². The lowest BCUT2D eigenvalue weighted by molar-refractivity contribution is -0.410. The molecule has 11 aliphatic rings. The standard InChI is InChI=1S/C57H92O28/c1-20-8-11-57(74-19-20)21(2)34-28(85-57)13-27-25-7-6-23-12-24(9-10-55(23,4)26(25)14-33(62)56(27,34)5)76-51-44(72)40(68)47(32(18-61)79-51)82-54-49(84-52-43(71)39(67)36(64)29(15-58)77-52)48(37(65)30(16-59)78-54)83-53-45(73)41(69)46(31(17-60)80-53)81-50-42(70)38(66)35(63)22(3)75-50/h20-32,34-54,58-61,63-73H,6-19H2,1-5H3. The van der Waals surface area contributed by atoms with Crippen LogP contribution in [0.3, 0.4) is 0 Å². The minimum Gasteiger partial charge on any atom is -0.394 e. The molecule has 488 valence electrons. The molecule has 7 heterocycles. The van der Waals surface area contributed by atoms with E-state index in [4.69, 9.17) is 56.8 Å². The molecule has 11 fully saturated rings. The van der Waals surface area contributed by atoms with Gasteiger partial charge in [-0.25, -0.2) is 0 Å². The Morgan fingerprint density at radius 3 is 1.61 bits per heavy atom. The highest BCUT2D eigenvalue weighted by atomic mass is 16.8. The van der Waals surface area contributed by atoms with Crippen LogP contribution in [-0.2, 0) is 61.6 Å². The summed E-state index contributed by atoms with van der Waals surface area (Å²) in [6.07, 6.45) is -39.3. The van der Waals surface area contributed by atoms with Gasteiger partial charge in [0, 0.05) is 30.1 Å². The normalized spacial score (nSPS) is 57.2. The van der Waals surface area contributed by atoms with Crippen molar-refractivity contribution in [1.82, 2.24) is 0 Å². The van der Waals surface area contributed by atoms with Gasteiger partial charge in [0.1, 0.15) is 122 Å². The monoisotopic (exact) mass is 1220 g/mol. The molecule has 0 aromatic rings. The molecule has 11 rings (SSSR count). The summed E-state index contributed by atoms with van der Waals surface area (Å²) < 4.78 is 73.3. The maximum absolute atomic E-state index is 14.8. The molecule has 37 atom stereocenters. The summed E-state index contributed by atoms with van der Waals surface area (Å²) in [6, 6.07) is 0. The quantitative estimate of drug-likeness (QED) is 0.0725. The second-order valence-corrected chi connectivity index (χ2v) is 27.0. The van der Waals surface area contributed by atoms with E-state index in [9.17, 15) is 81.4 Å². The van der Waals surface area contributed by atoms with Crippen LogP contribution in [0.15, 0.2) is 0 Å². The van der Waals surface area contributed by atoms with Crippen LogP contribution in [0, 0.1) is 52.3 Å². The zero-order valence-electron chi connectivity index (χ0n) is 48.5. The van der Waals surface area contributed by atoms with Crippen molar-refractivity contribution in [3.63, 3.8) is 0 Å². The van der Waals surface area contributed by atoms with Crippen LogP contribution in [0.4, 0.5) is 0 Å². The van der Waals surface area contributed by atoms with Crippen LogP contribution in [0.25, 0.3) is 0 Å². The summed E-state index contributed by atoms with van der Waals surface area (Å²) >= 11 is 0. The van der Waals surface area contributed by atoms with Crippen molar-refractivity contribution < 1.29 is 138 Å². The fourth-order valence-electron chi connectivity index (χ4n) is 17.3. The van der Waals surface area contributed by atoms with Crippen LogP contribution < -0.4 is 0 Å². The third-order valence-corrected chi connectivity index (χ3v) is 22.3. The molecular formula is C57H92O28. The Labute approximate surface area is 492 Å². The molecule has 4 aliphatic carbocycles. The first-order valence-corrected chi connectivity index (χ1v) is 30.7. The van der Waals surface area contributed by atoms with Crippen LogP contribution in [-0.4, -0.2) is 287 Å². The molecule has 0 bridgehead atoms. The first-order valence-electron chi connectivity index (χ1n) is 30.7. The first-order chi connectivity index (χ1) is 40.3. The minimum atomic E-state index is -2.17. The maximum Gasteiger partial charge on any atom is 0.187 e. The van der Waals surface area contributed by atoms with Gasteiger partial charge in [0.2, 0.25) is 0 Å². The highest BCUT2D eigenvalue weighted by Crippen LogP contribution is 2.70. The van der Waals surface area contributed by atoms with Crippen molar-refractivity contribution in [1.29, 1.82) is 0 Å². The smallest absolute Gasteiger partial charge is 0.187 e. The van der Waals surface area contributed by atoms with Gasteiger partial charge in [-0.05, 0) is 86.9 Å². The van der Waals surface area contributed by atoms with Gasteiger partial charge in [0.25, 0.3) is 0 Å². The van der Waals surface area contributed by atoms with Gasteiger partial charge in [0.05, 0.1) is 51.3 Å². The number of carbonyl (C=O) groups is 1. The molecule has 7 saturated heterocycles. The molecule has 0 aromatic heterocycles. The summed E-state index contributed by atoms with van der Waals surface area (Å²) in [6.45, 7) is 7.21. The van der Waals surface area contributed by atoms with E-state index in [2.05, 4.69) is 27.7 Å². The molecule has 0 radical (unpaired) electrons. The second-order valence-electron chi connectivity index (χ2n) is 27.0. The number of hydrogen-bond donors (Lipinski definition) is 15. The van der Waals surface area contributed by atoms with E-state index in [1.54, 1.807) is 0 Å². The number of ether oxygens (including phenoxy) is 12. The number of fused-ring (bicyclic) bond motifs is 7. The Bertz CT molecular complexity index is 2260. The Morgan fingerprint density at radius 2 is 1.01 bits per heavy atom. The first kappa shape index (κ1) is 65.1. The van der Waals surface area contributed by atoms with Gasteiger partial charge in [-0.2, -0.15) is 0 Å². The average Bonchev–Trinajstić information content (AvgIpc) is 1.61. The van der Waals surface area contributed by atoms with Crippen LogP contribution in [0.2, 0.25) is 0 Å². The van der Waals surface area contributed by atoms with Gasteiger partial charge in [0.15, 0.2) is 37.2 Å². The SMILES string of the molecule is CC1CCC2(OC1)OC1CC3C4CCC5CC(OC6OC(CO)C(OC7OC(CO)C(O)C(OC8OC(CO)C(OC9OC(C)C(O)C(O)C9O)C(O)C8O)C7OC7OC(CO)C(O)C(O)C7O)C(O)C6O)CCC5(C)C4CC(=O)C3(C)C1C2C. The van der Waals surface area contributed by atoms with Crippen molar-refractivity contribution in [2.45, 2.75) is 264 Å². The third kappa shape index (κ3) is 11.2. The summed E-state index contributed by atoms with van der Waals surface area (Å²) in [7, 11) is 0. The van der Waals surface area contributed by atoms with E-state index in [0.717, 1.165) is 38.5 Å². The molecule has 37 unspecified atom stereocenters. The third-order valence-electron chi connectivity index (χ3n) is 22.3. The lowest BCUT2D eigenvalue weighted by Gasteiger charge is -2.60. The molecule has 1 spiro atoms. The van der Waals surface area contributed by atoms with Crippen molar-refractivity contribution >= 4 is 5.78 Å². The highest BCUT2D eigenvalue weighted by molar-refractivity contribution is 5.87. The number of rotatable bonds is 14. The van der Waals surface area contributed by atoms with E-state index in [-0.39, 0.29) is 41.1 Å². The Morgan fingerprint density at radius 1 is 0.494 bits per heavy atom. The molecule has 0 aromatic carbocycles. The lowest BCUT2D eigenvalue weighted by atomic mass is 9.44. The van der Waals surface area contributed by atoms with E-state index >= 15 is 0 Å². The van der Waals surface area contributed by atoms with Crippen LogP contribution in [0.5, 0.6) is 0 Å². The number of hydrogen-bond acceptors (Lipinski definition) is 28. The van der Waals surface area contributed by atoms with Gasteiger partial charge < -0.3 is 133 Å². The molecule has 7 aliphatic heterocycles. The topological polar surface area (TPSA) is 431 Å². The Hall–Kier alpha value is -1.41. The number of ketones is 1. The summed E-state index contributed by atoms with van der Waals surface area (Å²) in [5.74, 6) is 1.14. The van der Waals surface area contributed by atoms with Crippen molar-refractivity contribution in [2.75, 3.05) is 33.0 Å². The number of aliphatic hydroxyl groups is 15. The highest BCUT2D eigenvalue weighted by Gasteiger charge is 2.72. The summed E-state index contributed by atoms with van der Waals surface area (Å²) in [5, 5.41) is 164. The minimum absolute atomic E-state index is 0.0374. The van der Waals surface area contributed by atoms with Gasteiger partial charge in [-0.15, -0.1) is 0 Å². The second kappa shape index (κ2) is 25.2. The van der Waals surface area contributed by atoms with E-state index in [1.807, 2.05) is 0 Å². The lowest BCUT2D eigenvalue weighted by Crippen LogP contribution is -2.69. The number of carbonyl (C=O) groups excluding carboxylic acids is 1. The molecule has 85 heavy (non-hydrogen) atoms. The summed E-state index contributed by atoms with van der Waals surface area (Å²) in [5.41, 5.74) is -0.698. The average molecular weight is 1230 g/mol. The molecule has 28 heteroatoms. The number of Topliss-reactive ketones (excluding diaryl/α,β-unsaturated/α-hetero) is 1. The van der Waals surface area contributed by atoms with Crippen molar-refractivity contribution in [3.8, 4) is 0 Å². The van der Waals surface area contributed by atoms with Gasteiger partial charge in [-0.1, -0.05) is 27.7 Å². The molecule has 28 nitrogen and oxygen atoms in total. The van der Waals surface area contributed by atoms with E-state index in [1.165, 1.54) is 6.92 Å². The van der Waals surface area contributed by atoms with E-state index in [0.29, 0.717) is 43.5 Å². The molecule has 0 amide bonds. The fourth-order valence-corrected chi connectivity index (χ4v) is 17.3. The Kier molecular flexibility index (Phi) is 19.3. The Balaban J connectivity index is 0.779. The van der Waals surface area contributed by atoms with Crippen LogP contribution >= 0.6 is 0 Å². The molecular weight excluding hydrogens is 1130 g/mol. The zero-order valence-corrected chi connectivity index (χ0v) is 48.5. The predicted octanol–water partition coefficient (Wildman–Crippen LogP) is -4.88. The van der Waals surface area contributed by atoms with Gasteiger partial charge in [-0.3, -0.25) is 4.79 Å².